The van der Waals surface area contributed by atoms with E-state index in [9.17, 15) is 9.59 Å². The minimum atomic E-state index is -0.172. The second-order valence-corrected chi connectivity index (χ2v) is 6.83. The number of carbonyl (C=O) groups is 2. The number of likely N-dealkylation sites (tertiary alicyclic amines) is 1. The Hall–Kier alpha value is -1.86. The van der Waals surface area contributed by atoms with Crippen LogP contribution in [0.3, 0.4) is 0 Å². The summed E-state index contributed by atoms with van der Waals surface area (Å²) in [7, 11) is 0. The Morgan fingerprint density at radius 2 is 1.88 bits per heavy atom. The van der Waals surface area contributed by atoms with Gasteiger partial charge < -0.3 is 19.4 Å². The molecule has 0 unspecified atom stereocenters. The van der Waals surface area contributed by atoms with Gasteiger partial charge in [0, 0.05) is 37.8 Å². The van der Waals surface area contributed by atoms with Crippen LogP contribution in [-0.4, -0.2) is 73.1 Å². The van der Waals surface area contributed by atoms with E-state index in [2.05, 4.69) is 10.2 Å². The minimum Gasteiger partial charge on any atom is -0.459 e. The van der Waals surface area contributed by atoms with Crippen molar-refractivity contribution in [3.63, 3.8) is 0 Å². The average molecular weight is 349 g/mol. The SMILES string of the molecule is Cc1ccoc1C(=O)NC1CCN(C(=O)[C@H](C)N2CCOCC2)CC1. The van der Waals surface area contributed by atoms with Gasteiger partial charge in [0.2, 0.25) is 5.91 Å². The van der Waals surface area contributed by atoms with E-state index in [0.29, 0.717) is 32.1 Å². The summed E-state index contributed by atoms with van der Waals surface area (Å²) < 4.78 is 10.6. The van der Waals surface area contributed by atoms with Crippen molar-refractivity contribution >= 4 is 11.8 Å². The molecule has 1 atom stereocenters. The topological polar surface area (TPSA) is 75.0 Å². The van der Waals surface area contributed by atoms with Crippen LogP contribution in [0.4, 0.5) is 0 Å². The van der Waals surface area contributed by atoms with Gasteiger partial charge in [0.15, 0.2) is 5.76 Å². The van der Waals surface area contributed by atoms with Crippen molar-refractivity contribution in [1.29, 1.82) is 0 Å². The monoisotopic (exact) mass is 349 g/mol. The lowest BCUT2D eigenvalue weighted by atomic mass is 10.0. The number of nitrogens with one attached hydrogen (secondary N) is 1. The molecule has 2 amide bonds. The maximum atomic E-state index is 12.7. The molecule has 0 aliphatic carbocycles. The molecule has 25 heavy (non-hydrogen) atoms. The number of aryl methyl sites for hydroxylation is 1. The van der Waals surface area contributed by atoms with Gasteiger partial charge in [-0.3, -0.25) is 14.5 Å². The summed E-state index contributed by atoms with van der Waals surface area (Å²) in [5.74, 6) is 0.377. The number of piperidine rings is 1. The van der Waals surface area contributed by atoms with E-state index in [-0.39, 0.29) is 23.9 Å². The van der Waals surface area contributed by atoms with Crippen molar-refractivity contribution in [3.05, 3.63) is 23.7 Å². The van der Waals surface area contributed by atoms with Crippen LogP contribution >= 0.6 is 0 Å². The number of rotatable bonds is 4. The third-order valence-electron chi connectivity index (χ3n) is 5.16. The van der Waals surface area contributed by atoms with Crippen LogP contribution in [0.15, 0.2) is 16.7 Å². The van der Waals surface area contributed by atoms with Crippen molar-refractivity contribution in [2.45, 2.75) is 38.8 Å². The van der Waals surface area contributed by atoms with Crippen molar-refractivity contribution in [2.24, 2.45) is 0 Å². The standard InChI is InChI=1S/C18H27N3O4/c1-13-5-10-25-16(13)17(22)19-15-3-6-21(7-4-15)18(23)14(2)20-8-11-24-12-9-20/h5,10,14-15H,3-4,6-9,11-12H2,1-2H3,(H,19,22)/t14-/m0/s1. The summed E-state index contributed by atoms with van der Waals surface area (Å²) >= 11 is 0. The third-order valence-corrected chi connectivity index (χ3v) is 5.16. The van der Waals surface area contributed by atoms with E-state index in [1.807, 2.05) is 18.7 Å². The van der Waals surface area contributed by atoms with Crippen LogP contribution in [-0.2, 0) is 9.53 Å². The van der Waals surface area contributed by atoms with Crippen LogP contribution < -0.4 is 5.32 Å². The molecule has 7 nitrogen and oxygen atoms in total. The molecule has 3 heterocycles. The Labute approximate surface area is 148 Å². The summed E-state index contributed by atoms with van der Waals surface area (Å²) in [6, 6.07) is 1.75. The highest BCUT2D eigenvalue weighted by Crippen LogP contribution is 2.16. The van der Waals surface area contributed by atoms with Gasteiger partial charge in [0.05, 0.1) is 25.5 Å². The highest BCUT2D eigenvalue weighted by Gasteiger charge is 2.30. The van der Waals surface area contributed by atoms with Crippen molar-refractivity contribution < 1.29 is 18.7 Å². The fraction of sp³-hybridized carbons (Fsp3) is 0.667. The van der Waals surface area contributed by atoms with Gasteiger partial charge in [-0.25, -0.2) is 0 Å². The molecule has 0 radical (unpaired) electrons. The summed E-state index contributed by atoms with van der Waals surface area (Å²) in [5, 5.41) is 3.02. The number of nitrogens with zero attached hydrogens (tertiary/aromatic N) is 2. The number of hydrogen-bond donors (Lipinski definition) is 1. The Morgan fingerprint density at radius 3 is 2.48 bits per heavy atom. The molecule has 2 fully saturated rings. The number of furan rings is 1. The molecule has 1 aromatic rings. The average Bonchev–Trinajstić information content (AvgIpc) is 3.08. The zero-order valence-corrected chi connectivity index (χ0v) is 15.0. The van der Waals surface area contributed by atoms with Gasteiger partial charge >= 0.3 is 0 Å². The van der Waals surface area contributed by atoms with Gasteiger partial charge in [-0.2, -0.15) is 0 Å². The summed E-state index contributed by atoms with van der Waals surface area (Å²) in [6.45, 7) is 8.18. The van der Waals surface area contributed by atoms with Crippen molar-refractivity contribution in [1.82, 2.24) is 15.1 Å². The Bertz CT molecular complexity index is 601. The molecule has 1 aromatic heterocycles. The van der Waals surface area contributed by atoms with Gasteiger partial charge in [-0.15, -0.1) is 0 Å². The van der Waals surface area contributed by atoms with E-state index >= 15 is 0 Å². The Kier molecular flexibility index (Phi) is 5.75. The fourth-order valence-corrected chi connectivity index (χ4v) is 3.49. The summed E-state index contributed by atoms with van der Waals surface area (Å²) in [4.78, 5) is 29.0. The molecule has 2 aliphatic heterocycles. The fourth-order valence-electron chi connectivity index (χ4n) is 3.49. The zero-order chi connectivity index (χ0) is 17.8. The molecule has 0 spiro atoms. The molecular formula is C18H27N3O4. The van der Waals surface area contributed by atoms with Gasteiger partial charge in [0.25, 0.3) is 5.91 Å². The van der Waals surface area contributed by atoms with Crippen LogP contribution in [0.1, 0.15) is 35.9 Å². The number of morpholine rings is 1. The van der Waals surface area contributed by atoms with Gasteiger partial charge in [0.1, 0.15) is 0 Å². The third kappa shape index (κ3) is 4.22. The normalized spacial score (nSPS) is 21.1. The second kappa shape index (κ2) is 8.01. The van der Waals surface area contributed by atoms with Gasteiger partial charge in [-0.05, 0) is 32.8 Å². The zero-order valence-electron chi connectivity index (χ0n) is 15.0. The lowest BCUT2D eigenvalue weighted by Gasteiger charge is -2.37. The molecule has 3 rings (SSSR count). The maximum Gasteiger partial charge on any atom is 0.287 e. The smallest absolute Gasteiger partial charge is 0.287 e. The molecule has 0 saturated carbocycles. The van der Waals surface area contributed by atoms with Crippen LogP contribution in [0.5, 0.6) is 0 Å². The molecule has 2 aliphatic rings. The first kappa shape index (κ1) is 17.9. The van der Waals surface area contributed by atoms with E-state index < -0.39 is 0 Å². The lowest BCUT2D eigenvalue weighted by molar-refractivity contribution is -0.139. The first-order valence-corrected chi connectivity index (χ1v) is 9.02. The van der Waals surface area contributed by atoms with Crippen LogP contribution in [0.25, 0.3) is 0 Å². The van der Waals surface area contributed by atoms with Crippen molar-refractivity contribution in [2.75, 3.05) is 39.4 Å². The Balaban J connectivity index is 1.47. The predicted molar refractivity (Wildman–Crippen MR) is 92.4 cm³/mol. The molecule has 1 N–H and O–H groups in total. The van der Waals surface area contributed by atoms with E-state index in [1.54, 1.807) is 6.07 Å². The molecule has 2 saturated heterocycles. The highest BCUT2D eigenvalue weighted by molar-refractivity contribution is 5.93. The van der Waals surface area contributed by atoms with Crippen molar-refractivity contribution in [3.8, 4) is 0 Å². The number of amides is 2. The predicted octanol–water partition coefficient (Wildman–Crippen LogP) is 1.03. The highest BCUT2D eigenvalue weighted by atomic mass is 16.5. The first-order chi connectivity index (χ1) is 12.1. The number of hydrogen-bond acceptors (Lipinski definition) is 5. The quantitative estimate of drug-likeness (QED) is 0.879. The maximum absolute atomic E-state index is 12.7. The second-order valence-electron chi connectivity index (χ2n) is 6.83. The largest absolute Gasteiger partial charge is 0.459 e. The summed E-state index contributed by atoms with van der Waals surface area (Å²) in [6.07, 6.45) is 3.07. The van der Waals surface area contributed by atoms with Crippen LogP contribution in [0, 0.1) is 6.92 Å². The first-order valence-electron chi connectivity index (χ1n) is 9.02. The minimum absolute atomic E-state index is 0.0831. The van der Waals surface area contributed by atoms with E-state index in [1.165, 1.54) is 6.26 Å². The van der Waals surface area contributed by atoms with Gasteiger partial charge in [-0.1, -0.05) is 0 Å². The Morgan fingerprint density at radius 1 is 1.20 bits per heavy atom. The molecule has 0 aromatic carbocycles. The van der Waals surface area contributed by atoms with Crippen LogP contribution in [0.2, 0.25) is 0 Å². The molecule has 7 heteroatoms. The number of ether oxygens (including phenoxy) is 1. The van der Waals surface area contributed by atoms with E-state index in [0.717, 1.165) is 31.5 Å². The lowest BCUT2D eigenvalue weighted by Crippen LogP contribution is -2.54. The molecule has 0 bridgehead atoms. The number of carbonyl (C=O) groups excluding carboxylic acids is 2. The van der Waals surface area contributed by atoms with E-state index in [4.69, 9.17) is 9.15 Å². The molecular weight excluding hydrogens is 322 g/mol. The summed E-state index contributed by atoms with van der Waals surface area (Å²) in [5.41, 5.74) is 0.837. The molecule has 138 valence electrons.